The summed E-state index contributed by atoms with van der Waals surface area (Å²) in [5, 5.41) is 15.3. The number of methoxy groups -OCH3 is 1. The summed E-state index contributed by atoms with van der Waals surface area (Å²) in [4.78, 5) is 52.8. The Bertz CT molecular complexity index is 1210. The molecule has 1 aliphatic rings. The van der Waals surface area contributed by atoms with Gasteiger partial charge in [0.15, 0.2) is 0 Å². The molecule has 10 nitrogen and oxygen atoms in total. The quantitative estimate of drug-likeness (QED) is 0.390. The van der Waals surface area contributed by atoms with Gasteiger partial charge in [-0.3, -0.25) is 4.79 Å². The average Bonchev–Trinajstić information content (AvgIpc) is 2.90. The molecular weight excluding hydrogens is 514 g/mol. The summed E-state index contributed by atoms with van der Waals surface area (Å²) < 4.78 is 9.98. The molecule has 1 fully saturated rings. The number of alkyl carbamates (subject to hydrolysis) is 1. The number of carbonyl (C=O) groups excluding carboxylic acids is 3. The van der Waals surface area contributed by atoms with Crippen molar-refractivity contribution in [1.82, 2.24) is 15.6 Å². The standard InChI is InChI=1S/C30H39N3O7/c1-18-23(14-15-24(32-18)28(37)39-5)21-10-6-19(7-11-21)16-25(27(35)36)33-26(34)22-12-8-20(9-13-22)17-31-29(38)40-30(2,3)4/h6-7,10-11,14-15,20,22,25H,8-9,12-13,16-17H2,1-5H3,(H,31,38)(H,33,34)(H,35,36)/t20?,22?,25-/m0/s1. The first kappa shape index (κ1) is 30.6. The van der Waals surface area contributed by atoms with E-state index in [-0.39, 0.29) is 29.9 Å². The predicted molar refractivity (Wildman–Crippen MR) is 149 cm³/mol. The highest BCUT2D eigenvalue weighted by Crippen LogP contribution is 2.29. The van der Waals surface area contributed by atoms with Gasteiger partial charge in [-0.2, -0.15) is 0 Å². The number of carboxylic acid groups (broad SMARTS) is 1. The Morgan fingerprint density at radius 3 is 2.23 bits per heavy atom. The maximum absolute atomic E-state index is 12.9. The van der Waals surface area contributed by atoms with Crippen LogP contribution in [0.2, 0.25) is 0 Å². The van der Waals surface area contributed by atoms with Crippen LogP contribution in [0.3, 0.4) is 0 Å². The lowest BCUT2D eigenvalue weighted by Crippen LogP contribution is -2.46. The minimum absolute atomic E-state index is 0.148. The number of aryl methyl sites for hydroxylation is 1. The third kappa shape index (κ3) is 8.79. The van der Waals surface area contributed by atoms with Crippen LogP contribution in [0.25, 0.3) is 11.1 Å². The van der Waals surface area contributed by atoms with Crippen molar-refractivity contribution in [3.63, 3.8) is 0 Å². The van der Waals surface area contributed by atoms with Crippen LogP contribution in [0.5, 0.6) is 0 Å². The summed E-state index contributed by atoms with van der Waals surface area (Å²) >= 11 is 0. The average molecular weight is 554 g/mol. The second-order valence-electron chi connectivity index (χ2n) is 11.2. The Balaban J connectivity index is 1.52. The second kappa shape index (κ2) is 13.4. The normalized spacial score (nSPS) is 17.8. The van der Waals surface area contributed by atoms with E-state index in [1.165, 1.54) is 7.11 Å². The maximum Gasteiger partial charge on any atom is 0.407 e. The van der Waals surface area contributed by atoms with E-state index >= 15 is 0 Å². The zero-order valence-electron chi connectivity index (χ0n) is 23.8. The first-order valence-electron chi connectivity index (χ1n) is 13.5. The minimum Gasteiger partial charge on any atom is -0.480 e. The summed E-state index contributed by atoms with van der Waals surface area (Å²) in [5.74, 6) is -1.86. The third-order valence-electron chi connectivity index (χ3n) is 6.95. The van der Waals surface area contributed by atoms with Crippen LogP contribution in [0, 0.1) is 18.8 Å². The summed E-state index contributed by atoms with van der Waals surface area (Å²) in [6, 6.07) is 9.74. The van der Waals surface area contributed by atoms with Crippen molar-refractivity contribution in [3.8, 4) is 11.1 Å². The zero-order valence-corrected chi connectivity index (χ0v) is 23.8. The summed E-state index contributed by atoms with van der Waals surface area (Å²) in [7, 11) is 1.30. The summed E-state index contributed by atoms with van der Waals surface area (Å²) in [5.41, 5.74) is 2.83. The SMILES string of the molecule is COC(=O)c1ccc(-c2ccc(C[C@H](NC(=O)C3CCC(CNC(=O)OC(C)(C)C)CC3)C(=O)O)cc2)c(C)n1. The number of hydrogen-bond acceptors (Lipinski definition) is 7. The molecule has 1 aliphatic carbocycles. The van der Waals surface area contributed by atoms with Gasteiger partial charge in [0, 0.05) is 30.1 Å². The van der Waals surface area contributed by atoms with Gasteiger partial charge in [0.2, 0.25) is 5.91 Å². The molecule has 2 aromatic rings. The largest absolute Gasteiger partial charge is 0.480 e. The second-order valence-corrected chi connectivity index (χ2v) is 11.2. The molecule has 2 amide bonds. The van der Waals surface area contributed by atoms with Crippen molar-refractivity contribution in [2.45, 2.75) is 71.4 Å². The van der Waals surface area contributed by atoms with Crippen molar-refractivity contribution in [3.05, 3.63) is 53.3 Å². The van der Waals surface area contributed by atoms with E-state index in [9.17, 15) is 24.3 Å². The van der Waals surface area contributed by atoms with Crippen LogP contribution in [-0.4, -0.2) is 59.3 Å². The van der Waals surface area contributed by atoms with Crippen molar-refractivity contribution in [2.75, 3.05) is 13.7 Å². The van der Waals surface area contributed by atoms with Gasteiger partial charge >= 0.3 is 18.0 Å². The molecule has 0 radical (unpaired) electrons. The van der Waals surface area contributed by atoms with E-state index in [0.29, 0.717) is 25.1 Å². The van der Waals surface area contributed by atoms with E-state index in [2.05, 4.69) is 15.6 Å². The van der Waals surface area contributed by atoms with E-state index in [0.717, 1.165) is 29.5 Å². The molecule has 0 unspecified atom stereocenters. The molecule has 10 heteroatoms. The smallest absolute Gasteiger partial charge is 0.407 e. The highest BCUT2D eigenvalue weighted by atomic mass is 16.6. The number of carbonyl (C=O) groups is 4. The molecule has 3 N–H and O–H groups in total. The van der Waals surface area contributed by atoms with Gasteiger partial charge in [-0.05, 0) is 76.5 Å². The van der Waals surface area contributed by atoms with Crippen LogP contribution in [0.4, 0.5) is 4.79 Å². The van der Waals surface area contributed by atoms with Crippen molar-refractivity contribution >= 4 is 23.9 Å². The van der Waals surface area contributed by atoms with Gasteiger partial charge in [0.1, 0.15) is 17.3 Å². The first-order valence-corrected chi connectivity index (χ1v) is 13.5. The number of benzene rings is 1. The zero-order chi connectivity index (χ0) is 29.4. The first-order chi connectivity index (χ1) is 18.9. The van der Waals surface area contributed by atoms with Crippen LogP contribution >= 0.6 is 0 Å². The number of nitrogens with zero attached hydrogens (tertiary/aromatic N) is 1. The number of aliphatic carboxylic acids is 1. The number of esters is 1. The van der Waals surface area contributed by atoms with E-state index in [4.69, 9.17) is 9.47 Å². The molecule has 216 valence electrons. The number of rotatable bonds is 9. The van der Waals surface area contributed by atoms with Gasteiger partial charge in [0.05, 0.1) is 7.11 Å². The number of amides is 2. The lowest BCUT2D eigenvalue weighted by Gasteiger charge is -2.29. The Morgan fingerprint density at radius 2 is 1.68 bits per heavy atom. The molecule has 0 bridgehead atoms. The van der Waals surface area contributed by atoms with E-state index in [1.54, 1.807) is 19.1 Å². The van der Waals surface area contributed by atoms with Crippen LogP contribution in [0.15, 0.2) is 36.4 Å². The molecule has 1 atom stereocenters. The maximum atomic E-state index is 12.9. The molecule has 1 aromatic heterocycles. The molecule has 1 aromatic carbocycles. The lowest BCUT2D eigenvalue weighted by molar-refractivity contribution is -0.142. The van der Waals surface area contributed by atoms with Crippen molar-refractivity contribution in [1.29, 1.82) is 0 Å². The fourth-order valence-electron chi connectivity index (χ4n) is 4.80. The molecular formula is C30H39N3O7. The topological polar surface area (TPSA) is 144 Å². The highest BCUT2D eigenvalue weighted by molar-refractivity contribution is 5.88. The minimum atomic E-state index is -1.09. The summed E-state index contributed by atoms with van der Waals surface area (Å²) in [6.07, 6.45) is 2.50. The van der Waals surface area contributed by atoms with E-state index in [1.807, 2.05) is 45.0 Å². The van der Waals surface area contributed by atoms with Crippen LogP contribution < -0.4 is 10.6 Å². The number of nitrogens with one attached hydrogen (secondary N) is 2. The van der Waals surface area contributed by atoms with Gasteiger partial charge in [-0.1, -0.05) is 30.3 Å². The van der Waals surface area contributed by atoms with Gasteiger partial charge in [-0.15, -0.1) is 0 Å². The molecule has 1 saturated carbocycles. The molecule has 0 saturated heterocycles. The molecule has 40 heavy (non-hydrogen) atoms. The predicted octanol–water partition coefficient (Wildman–Crippen LogP) is 4.29. The fourth-order valence-corrected chi connectivity index (χ4v) is 4.80. The number of carboxylic acids is 1. The van der Waals surface area contributed by atoms with Crippen LogP contribution in [-0.2, 0) is 25.5 Å². The number of pyridine rings is 1. The van der Waals surface area contributed by atoms with Gasteiger partial charge < -0.3 is 25.2 Å². The van der Waals surface area contributed by atoms with Crippen LogP contribution in [0.1, 0.15) is 68.2 Å². The van der Waals surface area contributed by atoms with Gasteiger partial charge in [-0.25, -0.2) is 19.4 Å². The Morgan fingerprint density at radius 1 is 1.02 bits per heavy atom. The molecule has 1 heterocycles. The Hall–Kier alpha value is -3.95. The molecule has 0 aliphatic heterocycles. The molecule has 0 spiro atoms. The van der Waals surface area contributed by atoms with Gasteiger partial charge in [0.25, 0.3) is 0 Å². The Labute approximate surface area is 234 Å². The molecule has 3 rings (SSSR count). The lowest BCUT2D eigenvalue weighted by atomic mass is 9.81. The fraction of sp³-hybridized carbons (Fsp3) is 0.500. The number of ether oxygens (including phenoxy) is 2. The van der Waals surface area contributed by atoms with E-state index < -0.39 is 29.7 Å². The number of hydrogen-bond donors (Lipinski definition) is 3. The summed E-state index contributed by atoms with van der Waals surface area (Å²) in [6.45, 7) is 7.72. The monoisotopic (exact) mass is 553 g/mol. The Kier molecular flexibility index (Phi) is 10.3. The van der Waals surface area contributed by atoms with Crippen molar-refractivity contribution in [2.24, 2.45) is 11.8 Å². The van der Waals surface area contributed by atoms with Crippen molar-refractivity contribution < 1.29 is 33.8 Å². The highest BCUT2D eigenvalue weighted by Gasteiger charge is 2.30. The third-order valence-corrected chi connectivity index (χ3v) is 6.95. The number of aromatic nitrogens is 1.